The summed E-state index contributed by atoms with van der Waals surface area (Å²) in [7, 11) is 0. The van der Waals surface area contributed by atoms with Crippen LogP contribution in [0.4, 0.5) is 0 Å². The topological polar surface area (TPSA) is 151 Å². The number of primary amides is 1. The second-order valence-electron chi connectivity index (χ2n) is 4.37. The molecular weight excluding hydrogens is 264 g/mol. The molecule has 0 aliphatic rings. The van der Waals surface area contributed by atoms with E-state index in [2.05, 4.69) is 5.32 Å². The molecule has 0 saturated heterocycles. The molecule has 0 aliphatic heterocycles. The third kappa shape index (κ3) is 7.70. The van der Waals surface area contributed by atoms with Crippen molar-refractivity contribution in [2.24, 2.45) is 17.2 Å². The van der Waals surface area contributed by atoms with Crippen molar-refractivity contribution in [1.29, 1.82) is 0 Å². The molecule has 0 aromatic heterocycles. The van der Waals surface area contributed by atoms with Crippen LogP contribution in [0.1, 0.15) is 32.6 Å². The fourth-order valence-electron chi connectivity index (χ4n) is 1.56. The summed E-state index contributed by atoms with van der Waals surface area (Å²) in [6, 6.07) is -1.85. The molecule has 2 amide bonds. The van der Waals surface area contributed by atoms with Crippen molar-refractivity contribution in [2.75, 3.05) is 13.2 Å². The van der Waals surface area contributed by atoms with Gasteiger partial charge < -0.3 is 27.3 Å². The van der Waals surface area contributed by atoms with Crippen LogP contribution in [-0.4, -0.2) is 43.0 Å². The number of hydrogen-bond acceptors (Lipinski definition) is 6. The minimum Gasteiger partial charge on any atom is -0.464 e. The van der Waals surface area contributed by atoms with Gasteiger partial charge in [-0.3, -0.25) is 9.59 Å². The molecule has 0 radical (unpaired) electrons. The van der Waals surface area contributed by atoms with Crippen LogP contribution >= 0.6 is 0 Å². The Bertz CT molecular complexity index is 335. The fraction of sp³-hybridized carbons (Fsp3) is 0.750. The van der Waals surface area contributed by atoms with Crippen LogP contribution in [-0.2, 0) is 19.1 Å². The Balaban J connectivity index is 4.43. The maximum atomic E-state index is 11.8. The highest BCUT2D eigenvalue weighted by Crippen LogP contribution is 2.01. The lowest BCUT2D eigenvalue weighted by atomic mass is 10.1. The van der Waals surface area contributed by atoms with Gasteiger partial charge in [0, 0.05) is 0 Å². The van der Waals surface area contributed by atoms with Crippen LogP contribution < -0.4 is 22.5 Å². The Morgan fingerprint density at radius 1 is 1.25 bits per heavy atom. The monoisotopic (exact) mass is 288 g/mol. The van der Waals surface area contributed by atoms with E-state index in [4.69, 9.17) is 21.9 Å². The summed E-state index contributed by atoms with van der Waals surface area (Å²) >= 11 is 0. The smallest absolute Gasteiger partial charge is 0.329 e. The quantitative estimate of drug-likeness (QED) is 0.280. The third-order valence-corrected chi connectivity index (χ3v) is 2.60. The predicted molar refractivity (Wildman–Crippen MR) is 73.3 cm³/mol. The van der Waals surface area contributed by atoms with Crippen molar-refractivity contribution in [3.8, 4) is 0 Å². The SMILES string of the molecule is CCOC(=O)[C@H](CC(N)=O)NC(=O)[C@@H](N)CCCCN. The summed E-state index contributed by atoms with van der Waals surface area (Å²) in [5.41, 5.74) is 16.1. The molecule has 0 bridgehead atoms. The van der Waals surface area contributed by atoms with Gasteiger partial charge in [-0.2, -0.15) is 0 Å². The molecule has 20 heavy (non-hydrogen) atoms. The molecule has 0 rings (SSSR count). The predicted octanol–water partition coefficient (Wildman–Crippen LogP) is -1.63. The molecule has 0 unspecified atom stereocenters. The lowest BCUT2D eigenvalue weighted by Gasteiger charge is -2.18. The van der Waals surface area contributed by atoms with Gasteiger partial charge in [-0.1, -0.05) is 6.42 Å². The molecule has 7 N–H and O–H groups in total. The molecular formula is C12H24N4O4. The van der Waals surface area contributed by atoms with Gasteiger partial charge in [0.25, 0.3) is 0 Å². The van der Waals surface area contributed by atoms with Crippen molar-refractivity contribution < 1.29 is 19.1 Å². The number of ether oxygens (including phenoxy) is 1. The first-order chi connectivity index (χ1) is 9.42. The Morgan fingerprint density at radius 2 is 1.90 bits per heavy atom. The zero-order valence-corrected chi connectivity index (χ0v) is 11.8. The molecule has 0 aromatic carbocycles. The van der Waals surface area contributed by atoms with Crippen LogP contribution in [0, 0.1) is 0 Å². The lowest BCUT2D eigenvalue weighted by molar-refractivity contribution is -0.148. The van der Waals surface area contributed by atoms with Gasteiger partial charge in [0.15, 0.2) is 0 Å². The molecule has 8 nitrogen and oxygen atoms in total. The standard InChI is InChI=1S/C12H24N4O4/c1-2-20-12(19)9(7-10(15)17)16-11(18)8(14)5-3-4-6-13/h8-9H,2-7,13-14H2,1H3,(H2,15,17)(H,16,18)/t8-,9-/m0/s1. The van der Waals surface area contributed by atoms with Crippen molar-refractivity contribution in [3.05, 3.63) is 0 Å². The Hall–Kier alpha value is -1.67. The van der Waals surface area contributed by atoms with E-state index in [1.54, 1.807) is 6.92 Å². The zero-order valence-electron chi connectivity index (χ0n) is 11.8. The van der Waals surface area contributed by atoms with Gasteiger partial charge in [0.05, 0.1) is 19.1 Å². The van der Waals surface area contributed by atoms with Gasteiger partial charge in [0.2, 0.25) is 11.8 Å². The van der Waals surface area contributed by atoms with E-state index in [1.165, 1.54) is 0 Å². The van der Waals surface area contributed by atoms with E-state index in [-0.39, 0.29) is 13.0 Å². The van der Waals surface area contributed by atoms with E-state index in [1.807, 2.05) is 0 Å². The number of carbonyl (C=O) groups is 3. The first kappa shape index (κ1) is 18.3. The van der Waals surface area contributed by atoms with E-state index in [0.717, 1.165) is 6.42 Å². The third-order valence-electron chi connectivity index (χ3n) is 2.60. The molecule has 0 aromatic rings. The van der Waals surface area contributed by atoms with Gasteiger partial charge in [-0.25, -0.2) is 4.79 Å². The van der Waals surface area contributed by atoms with Gasteiger partial charge in [-0.15, -0.1) is 0 Å². The Kier molecular flexibility index (Phi) is 9.31. The second kappa shape index (κ2) is 10.2. The largest absolute Gasteiger partial charge is 0.464 e. The Morgan fingerprint density at radius 3 is 2.40 bits per heavy atom. The first-order valence-corrected chi connectivity index (χ1v) is 6.63. The summed E-state index contributed by atoms with van der Waals surface area (Å²) in [5, 5.41) is 2.39. The van der Waals surface area contributed by atoms with E-state index in [9.17, 15) is 14.4 Å². The number of esters is 1. The highest BCUT2D eigenvalue weighted by molar-refractivity contribution is 5.90. The summed E-state index contributed by atoms with van der Waals surface area (Å²) in [5.74, 6) is -1.92. The number of unbranched alkanes of at least 4 members (excludes halogenated alkanes) is 1. The molecule has 116 valence electrons. The number of nitrogens with two attached hydrogens (primary N) is 3. The number of hydrogen-bond donors (Lipinski definition) is 4. The van der Waals surface area contributed by atoms with Gasteiger partial charge >= 0.3 is 5.97 Å². The summed E-state index contributed by atoms with van der Waals surface area (Å²) in [4.78, 5) is 34.3. The first-order valence-electron chi connectivity index (χ1n) is 6.63. The maximum absolute atomic E-state index is 11.8. The highest BCUT2D eigenvalue weighted by atomic mass is 16.5. The number of rotatable bonds is 10. The van der Waals surface area contributed by atoms with Crippen LogP contribution in [0.5, 0.6) is 0 Å². The maximum Gasteiger partial charge on any atom is 0.329 e. The van der Waals surface area contributed by atoms with E-state index < -0.39 is 29.9 Å². The normalized spacial score (nSPS) is 13.3. The van der Waals surface area contributed by atoms with Gasteiger partial charge in [0.1, 0.15) is 6.04 Å². The van der Waals surface area contributed by atoms with Crippen molar-refractivity contribution in [1.82, 2.24) is 5.32 Å². The van der Waals surface area contributed by atoms with E-state index >= 15 is 0 Å². The molecule has 0 fully saturated rings. The van der Waals surface area contributed by atoms with Crippen LogP contribution in [0.3, 0.4) is 0 Å². The summed E-state index contributed by atoms with van der Waals surface area (Å²) in [6.45, 7) is 2.30. The number of carbonyl (C=O) groups excluding carboxylic acids is 3. The average molecular weight is 288 g/mol. The lowest BCUT2D eigenvalue weighted by Crippen LogP contribution is -2.50. The van der Waals surface area contributed by atoms with Gasteiger partial charge in [-0.05, 0) is 26.3 Å². The average Bonchev–Trinajstić information content (AvgIpc) is 2.37. The zero-order chi connectivity index (χ0) is 15.5. The number of amides is 2. The minimum absolute atomic E-state index is 0.145. The molecule has 0 heterocycles. The van der Waals surface area contributed by atoms with Crippen molar-refractivity contribution in [2.45, 2.75) is 44.7 Å². The molecule has 2 atom stereocenters. The van der Waals surface area contributed by atoms with Crippen LogP contribution in [0.25, 0.3) is 0 Å². The summed E-state index contributed by atoms with van der Waals surface area (Å²) < 4.78 is 4.77. The van der Waals surface area contributed by atoms with Crippen LogP contribution in [0.2, 0.25) is 0 Å². The highest BCUT2D eigenvalue weighted by Gasteiger charge is 2.26. The van der Waals surface area contributed by atoms with Crippen molar-refractivity contribution in [3.63, 3.8) is 0 Å². The Labute approximate surface area is 118 Å². The fourth-order valence-corrected chi connectivity index (χ4v) is 1.56. The second-order valence-corrected chi connectivity index (χ2v) is 4.37. The van der Waals surface area contributed by atoms with Crippen LogP contribution in [0.15, 0.2) is 0 Å². The molecule has 0 spiro atoms. The molecule has 8 heteroatoms. The molecule has 0 saturated carbocycles. The van der Waals surface area contributed by atoms with E-state index in [0.29, 0.717) is 19.4 Å². The molecule has 0 aliphatic carbocycles. The van der Waals surface area contributed by atoms with Crippen molar-refractivity contribution >= 4 is 17.8 Å². The minimum atomic E-state index is -1.10. The summed E-state index contributed by atoms with van der Waals surface area (Å²) in [6.07, 6.45) is 1.61. The number of nitrogens with one attached hydrogen (secondary N) is 1.